The zero-order valence-corrected chi connectivity index (χ0v) is 17.2. The molecule has 3 rings (SSSR count). The van der Waals surface area contributed by atoms with Gasteiger partial charge in [-0.15, -0.1) is 0 Å². The molecule has 2 N–H and O–H groups in total. The maximum absolute atomic E-state index is 13.8. The van der Waals surface area contributed by atoms with Crippen molar-refractivity contribution in [2.24, 2.45) is 5.92 Å². The van der Waals surface area contributed by atoms with Crippen LogP contribution in [0, 0.1) is 25.6 Å². The third kappa shape index (κ3) is 5.03. The van der Waals surface area contributed by atoms with Crippen LogP contribution in [-0.2, 0) is 9.59 Å². The zero-order chi connectivity index (χ0) is 21.7. The standard InChI is InChI=1S/C23H26FN3O3/c1-15-6-5-9-20(16(15)2)26-22(29)21(28)25-14-17-10-12-27(13-11-17)23(30)18-7-3-4-8-19(18)24/h3-9,17H,10-14H2,1-2H3,(H,25,28)(H,26,29). The summed E-state index contributed by atoms with van der Waals surface area (Å²) in [5, 5.41) is 5.32. The van der Waals surface area contributed by atoms with Gasteiger partial charge in [0.15, 0.2) is 0 Å². The zero-order valence-electron chi connectivity index (χ0n) is 17.2. The van der Waals surface area contributed by atoms with Crippen LogP contribution >= 0.6 is 0 Å². The Morgan fingerprint density at radius 1 is 1.00 bits per heavy atom. The second kappa shape index (κ2) is 9.52. The molecule has 6 nitrogen and oxygen atoms in total. The van der Waals surface area contributed by atoms with E-state index in [1.165, 1.54) is 12.1 Å². The molecule has 3 amide bonds. The van der Waals surface area contributed by atoms with Crippen molar-refractivity contribution in [3.8, 4) is 0 Å². The molecule has 7 heteroatoms. The average Bonchev–Trinajstić information content (AvgIpc) is 2.75. The Hall–Kier alpha value is -3.22. The van der Waals surface area contributed by atoms with Gasteiger partial charge in [-0.05, 0) is 61.9 Å². The third-order valence-corrected chi connectivity index (χ3v) is 5.62. The summed E-state index contributed by atoms with van der Waals surface area (Å²) in [7, 11) is 0. The summed E-state index contributed by atoms with van der Waals surface area (Å²) < 4.78 is 13.8. The highest BCUT2D eigenvalue weighted by Crippen LogP contribution is 2.20. The average molecular weight is 411 g/mol. The van der Waals surface area contributed by atoms with Gasteiger partial charge in [-0.2, -0.15) is 0 Å². The first kappa shape index (κ1) is 21.5. The maximum Gasteiger partial charge on any atom is 0.313 e. The largest absolute Gasteiger partial charge is 0.348 e. The fourth-order valence-corrected chi connectivity index (χ4v) is 3.53. The van der Waals surface area contributed by atoms with E-state index in [0.29, 0.717) is 38.2 Å². The molecule has 1 saturated heterocycles. The molecule has 0 spiro atoms. The molecule has 0 unspecified atom stereocenters. The van der Waals surface area contributed by atoms with E-state index in [0.717, 1.165) is 11.1 Å². The van der Waals surface area contributed by atoms with Crippen molar-refractivity contribution in [2.45, 2.75) is 26.7 Å². The SMILES string of the molecule is Cc1cccc(NC(=O)C(=O)NCC2CCN(C(=O)c3ccccc3F)CC2)c1C. The van der Waals surface area contributed by atoms with Gasteiger partial charge in [0.25, 0.3) is 5.91 Å². The van der Waals surface area contributed by atoms with Crippen molar-refractivity contribution in [3.05, 3.63) is 65.0 Å². The number of hydrogen-bond donors (Lipinski definition) is 2. The number of amides is 3. The predicted molar refractivity (Wildman–Crippen MR) is 113 cm³/mol. The molecule has 2 aromatic rings. The van der Waals surface area contributed by atoms with Crippen molar-refractivity contribution in [1.29, 1.82) is 0 Å². The fourth-order valence-electron chi connectivity index (χ4n) is 3.53. The molecule has 0 atom stereocenters. The summed E-state index contributed by atoms with van der Waals surface area (Å²) in [5.74, 6) is -2.06. The molecule has 0 saturated carbocycles. The van der Waals surface area contributed by atoms with Crippen LogP contribution in [0.1, 0.15) is 34.3 Å². The van der Waals surface area contributed by atoms with Crippen molar-refractivity contribution >= 4 is 23.4 Å². The van der Waals surface area contributed by atoms with E-state index >= 15 is 0 Å². The van der Waals surface area contributed by atoms with E-state index in [1.807, 2.05) is 26.0 Å². The fraction of sp³-hybridized carbons (Fsp3) is 0.348. The minimum atomic E-state index is -0.698. The molecule has 0 radical (unpaired) electrons. The summed E-state index contributed by atoms with van der Waals surface area (Å²) in [5.41, 5.74) is 2.65. The van der Waals surface area contributed by atoms with Gasteiger partial charge in [-0.3, -0.25) is 14.4 Å². The lowest BCUT2D eigenvalue weighted by atomic mass is 9.96. The maximum atomic E-state index is 13.8. The Balaban J connectivity index is 1.45. The van der Waals surface area contributed by atoms with Gasteiger partial charge >= 0.3 is 11.8 Å². The molecule has 1 aliphatic rings. The van der Waals surface area contributed by atoms with Gasteiger partial charge in [0.2, 0.25) is 0 Å². The Morgan fingerprint density at radius 3 is 2.40 bits per heavy atom. The number of aryl methyl sites for hydroxylation is 1. The number of nitrogens with one attached hydrogen (secondary N) is 2. The third-order valence-electron chi connectivity index (χ3n) is 5.62. The Bertz CT molecular complexity index is 952. The lowest BCUT2D eigenvalue weighted by Crippen LogP contribution is -2.43. The van der Waals surface area contributed by atoms with Crippen LogP contribution in [0.5, 0.6) is 0 Å². The molecule has 0 bridgehead atoms. The molecule has 2 aromatic carbocycles. The Kier molecular flexibility index (Phi) is 6.82. The summed E-state index contributed by atoms with van der Waals surface area (Å²) in [6, 6.07) is 11.5. The van der Waals surface area contributed by atoms with Gasteiger partial charge in [0.05, 0.1) is 5.56 Å². The van der Waals surface area contributed by atoms with Gasteiger partial charge in [0, 0.05) is 25.3 Å². The van der Waals surface area contributed by atoms with Gasteiger partial charge < -0.3 is 15.5 Å². The molecule has 1 aliphatic heterocycles. The smallest absolute Gasteiger partial charge is 0.313 e. The second-order valence-corrected chi connectivity index (χ2v) is 7.63. The number of likely N-dealkylation sites (tertiary alicyclic amines) is 1. The van der Waals surface area contributed by atoms with Crippen LogP contribution in [0.3, 0.4) is 0 Å². The van der Waals surface area contributed by atoms with E-state index in [2.05, 4.69) is 10.6 Å². The van der Waals surface area contributed by atoms with Crippen molar-refractivity contribution in [1.82, 2.24) is 10.2 Å². The van der Waals surface area contributed by atoms with Crippen LogP contribution in [0.25, 0.3) is 0 Å². The summed E-state index contributed by atoms with van der Waals surface area (Å²) in [6.45, 7) is 5.17. The molecular weight excluding hydrogens is 385 g/mol. The number of benzene rings is 2. The van der Waals surface area contributed by atoms with Crippen LogP contribution in [-0.4, -0.2) is 42.3 Å². The number of anilines is 1. The highest BCUT2D eigenvalue weighted by molar-refractivity contribution is 6.39. The lowest BCUT2D eigenvalue weighted by molar-refractivity contribution is -0.136. The normalized spacial score (nSPS) is 14.3. The highest BCUT2D eigenvalue weighted by Gasteiger charge is 2.26. The number of halogens is 1. The molecular formula is C23H26FN3O3. The lowest BCUT2D eigenvalue weighted by Gasteiger charge is -2.32. The van der Waals surface area contributed by atoms with E-state index in [9.17, 15) is 18.8 Å². The molecule has 0 aliphatic carbocycles. The molecule has 1 fully saturated rings. The van der Waals surface area contributed by atoms with Crippen LogP contribution in [0.4, 0.5) is 10.1 Å². The van der Waals surface area contributed by atoms with Gasteiger partial charge in [-0.25, -0.2) is 4.39 Å². The first-order valence-corrected chi connectivity index (χ1v) is 10.1. The number of piperidine rings is 1. The molecule has 0 aromatic heterocycles. The monoisotopic (exact) mass is 411 g/mol. The van der Waals surface area contributed by atoms with Crippen LogP contribution in [0.15, 0.2) is 42.5 Å². The first-order valence-electron chi connectivity index (χ1n) is 10.1. The quantitative estimate of drug-likeness (QED) is 0.759. The number of carbonyl (C=O) groups is 3. The van der Waals surface area contributed by atoms with Crippen molar-refractivity contribution in [2.75, 3.05) is 25.0 Å². The van der Waals surface area contributed by atoms with E-state index in [4.69, 9.17) is 0 Å². The Morgan fingerprint density at radius 2 is 1.70 bits per heavy atom. The van der Waals surface area contributed by atoms with Crippen LogP contribution < -0.4 is 10.6 Å². The Labute approximate surface area is 175 Å². The van der Waals surface area contributed by atoms with E-state index < -0.39 is 17.6 Å². The number of carbonyl (C=O) groups excluding carboxylic acids is 3. The summed E-state index contributed by atoms with van der Waals surface area (Å²) in [4.78, 5) is 38.4. The highest BCUT2D eigenvalue weighted by atomic mass is 19.1. The second-order valence-electron chi connectivity index (χ2n) is 7.63. The first-order chi connectivity index (χ1) is 14.4. The van der Waals surface area contributed by atoms with Crippen LogP contribution in [0.2, 0.25) is 0 Å². The number of nitrogens with zero attached hydrogens (tertiary/aromatic N) is 1. The van der Waals surface area contributed by atoms with Gasteiger partial charge in [-0.1, -0.05) is 24.3 Å². The summed E-state index contributed by atoms with van der Waals surface area (Å²) in [6.07, 6.45) is 1.36. The molecule has 30 heavy (non-hydrogen) atoms. The molecule has 158 valence electrons. The predicted octanol–water partition coefficient (Wildman–Crippen LogP) is 3.05. The summed E-state index contributed by atoms with van der Waals surface area (Å²) >= 11 is 0. The minimum absolute atomic E-state index is 0.0763. The minimum Gasteiger partial charge on any atom is -0.348 e. The van der Waals surface area contributed by atoms with Crippen molar-refractivity contribution in [3.63, 3.8) is 0 Å². The van der Waals surface area contributed by atoms with E-state index in [1.54, 1.807) is 23.1 Å². The van der Waals surface area contributed by atoms with E-state index in [-0.39, 0.29) is 17.4 Å². The topological polar surface area (TPSA) is 78.5 Å². The van der Waals surface area contributed by atoms with Gasteiger partial charge in [0.1, 0.15) is 5.82 Å². The number of rotatable bonds is 4. The van der Waals surface area contributed by atoms with Crippen molar-refractivity contribution < 1.29 is 18.8 Å². The number of hydrogen-bond acceptors (Lipinski definition) is 3. The molecule has 1 heterocycles.